The number of guanidine groups is 1. The molecule has 2 aliphatic heterocycles. The first kappa shape index (κ1) is 21.2. The normalized spacial score (nSPS) is 19.1. The molecule has 1 saturated heterocycles. The number of rotatable bonds is 3. The van der Waals surface area contributed by atoms with E-state index < -0.39 is 6.36 Å². The fourth-order valence-corrected chi connectivity index (χ4v) is 3.29. The second-order valence-corrected chi connectivity index (χ2v) is 7.29. The van der Waals surface area contributed by atoms with Crippen LogP contribution in [0.1, 0.15) is 32.8 Å². The van der Waals surface area contributed by atoms with E-state index in [1.165, 1.54) is 12.1 Å². The highest BCUT2D eigenvalue weighted by Crippen LogP contribution is 2.39. The molecule has 3 rings (SSSR count). The number of nitrogens with zero attached hydrogens (tertiary/aromatic N) is 5. The molecule has 0 unspecified atom stereocenters. The number of alkyl halides is 3. The predicted molar refractivity (Wildman–Crippen MR) is 108 cm³/mol. The summed E-state index contributed by atoms with van der Waals surface area (Å²) in [6, 6.07) is 4.24. The highest BCUT2D eigenvalue weighted by molar-refractivity contribution is 5.98. The molecular weight excluding hydrogens is 383 g/mol. The van der Waals surface area contributed by atoms with Crippen LogP contribution < -0.4 is 4.74 Å². The number of allylic oxidation sites excluding steroid dienone is 1. The molecule has 0 spiro atoms. The lowest BCUT2D eigenvalue weighted by Gasteiger charge is -2.39. The minimum absolute atomic E-state index is 0.270. The summed E-state index contributed by atoms with van der Waals surface area (Å²) in [6.07, 6.45) is -2.10. The van der Waals surface area contributed by atoms with E-state index in [1.807, 2.05) is 26.8 Å². The molecule has 1 aromatic rings. The molecule has 0 aromatic heterocycles. The lowest BCUT2D eigenvalue weighted by atomic mass is 10.1. The van der Waals surface area contributed by atoms with Crippen molar-refractivity contribution in [1.29, 1.82) is 0 Å². The van der Waals surface area contributed by atoms with Crippen molar-refractivity contribution in [1.82, 2.24) is 14.8 Å². The van der Waals surface area contributed by atoms with Crippen LogP contribution in [0.15, 0.2) is 34.4 Å². The SMILES string of the molecule is CC/C=C1\c2cc(OC(F)(F)F)ccc2N=C(N2CCN(C)CC2)N1N=C(C)C. The highest BCUT2D eigenvalue weighted by Gasteiger charge is 2.33. The Kier molecular flexibility index (Phi) is 6.16. The molecule has 6 nitrogen and oxygen atoms in total. The summed E-state index contributed by atoms with van der Waals surface area (Å²) in [4.78, 5) is 9.18. The average Bonchev–Trinajstić information content (AvgIpc) is 2.63. The molecule has 1 aromatic carbocycles. The van der Waals surface area contributed by atoms with Crippen molar-refractivity contribution in [3.8, 4) is 5.75 Å². The molecule has 0 bridgehead atoms. The fourth-order valence-electron chi connectivity index (χ4n) is 3.29. The molecule has 29 heavy (non-hydrogen) atoms. The van der Waals surface area contributed by atoms with Gasteiger partial charge in [-0.25, -0.2) is 10.0 Å². The zero-order chi connectivity index (χ0) is 21.2. The third kappa shape index (κ3) is 5.09. The van der Waals surface area contributed by atoms with Gasteiger partial charge < -0.3 is 14.5 Å². The summed E-state index contributed by atoms with van der Waals surface area (Å²) < 4.78 is 42.2. The quantitative estimate of drug-likeness (QED) is 0.699. The summed E-state index contributed by atoms with van der Waals surface area (Å²) in [5.41, 5.74) is 2.70. The molecule has 0 saturated carbocycles. The Morgan fingerprint density at radius 1 is 1.21 bits per heavy atom. The Morgan fingerprint density at radius 2 is 1.90 bits per heavy atom. The van der Waals surface area contributed by atoms with Crippen molar-refractivity contribution >= 4 is 23.1 Å². The maximum Gasteiger partial charge on any atom is 0.573 e. The highest BCUT2D eigenvalue weighted by atomic mass is 19.4. The largest absolute Gasteiger partial charge is 0.573 e. The molecule has 0 amide bonds. The third-order valence-corrected chi connectivity index (χ3v) is 4.60. The van der Waals surface area contributed by atoms with E-state index in [0.29, 0.717) is 29.3 Å². The van der Waals surface area contributed by atoms with E-state index in [9.17, 15) is 13.2 Å². The number of likely N-dealkylation sites (N-methyl/N-ethyl adjacent to an activating group) is 1. The van der Waals surface area contributed by atoms with Crippen LogP contribution in [0.2, 0.25) is 0 Å². The number of halogens is 3. The monoisotopic (exact) mass is 409 g/mol. The topological polar surface area (TPSA) is 43.7 Å². The average molecular weight is 409 g/mol. The molecule has 0 aliphatic carbocycles. The molecule has 9 heteroatoms. The van der Waals surface area contributed by atoms with Crippen molar-refractivity contribution < 1.29 is 17.9 Å². The number of fused-ring (bicyclic) bond motifs is 1. The van der Waals surface area contributed by atoms with Crippen LogP contribution >= 0.6 is 0 Å². The van der Waals surface area contributed by atoms with Gasteiger partial charge in [-0.3, -0.25) is 0 Å². The lowest BCUT2D eigenvalue weighted by Crippen LogP contribution is -2.51. The van der Waals surface area contributed by atoms with E-state index in [0.717, 1.165) is 31.9 Å². The van der Waals surface area contributed by atoms with Crippen LogP contribution in [0.3, 0.4) is 0 Å². The first-order chi connectivity index (χ1) is 13.7. The first-order valence-corrected chi connectivity index (χ1v) is 9.62. The van der Waals surface area contributed by atoms with Gasteiger partial charge in [-0.2, -0.15) is 5.10 Å². The van der Waals surface area contributed by atoms with Gasteiger partial charge in [0.25, 0.3) is 0 Å². The minimum Gasteiger partial charge on any atom is -0.406 e. The number of hydrogen-bond acceptors (Lipinski definition) is 6. The van der Waals surface area contributed by atoms with Crippen LogP contribution in [-0.4, -0.2) is 66.1 Å². The lowest BCUT2D eigenvalue weighted by molar-refractivity contribution is -0.274. The number of piperazine rings is 1. The zero-order valence-electron chi connectivity index (χ0n) is 17.1. The zero-order valence-corrected chi connectivity index (χ0v) is 17.1. The first-order valence-electron chi connectivity index (χ1n) is 9.62. The molecule has 0 atom stereocenters. The van der Waals surface area contributed by atoms with Gasteiger partial charge in [-0.05, 0) is 45.5 Å². The van der Waals surface area contributed by atoms with E-state index in [1.54, 1.807) is 11.1 Å². The summed E-state index contributed by atoms with van der Waals surface area (Å²) in [7, 11) is 2.08. The summed E-state index contributed by atoms with van der Waals surface area (Å²) in [5.74, 6) is 0.421. The van der Waals surface area contributed by atoms with Crippen molar-refractivity contribution in [3.63, 3.8) is 0 Å². The second kappa shape index (κ2) is 8.44. The minimum atomic E-state index is -4.75. The van der Waals surface area contributed by atoms with Gasteiger partial charge in [0.05, 0.1) is 11.4 Å². The maximum absolute atomic E-state index is 12.7. The Labute approximate surface area is 168 Å². The Morgan fingerprint density at radius 3 is 2.48 bits per heavy atom. The Bertz CT molecular complexity index is 835. The number of benzene rings is 1. The van der Waals surface area contributed by atoms with Gasteiger partial charge >= 0.3 is 6.36 Å². The van der Waals surface area contributed by atoms with Crippen molar-refractivity contribution in [2.75, 3.05) is 33.2 Å². The molecule has 0 N–H and O–H groups in total. The van der Waals surface area contributed by atoms with Gasteiger partial charge in [0.15, 0.2) is 0 Å². The van der Waals surface area contributed by atoms with Crippen LogP contribution in [0.25, 0.3) is 5.70 Å². The van der Waals surface area contributed by atoms with Crippen LogP contribution in [0.4, 0.5) is 18.9 Å². The van der Waals surface area contributed by atoms with Gasteiger partial charge in [0, 0.05) is 37.5 Å². The van der Waals surface area contributed by atoms with Crippen molar-refractivity contribution in [3.05, 3.63) is 29.8 Å². The molecule has 1 fully saturated rings. The van der Waals surface area contributed by atoms with E-state index >= 15 is 0 Å². The van der Waals surface area contributed by atoms with E-state index in [4.69, 9.17) is 4.99 Å². The van der Waals surface area contributed by atoms with Crippen LogP contribution in [0, 0.1) is 0 Å². The summed E-state index contributed by atoms with van der Waals surface area (Å²) in [6.45, 7) is 9.14. The van der Waals surface area contributed by atoms with Gasteiger partial charge in [-0.1, -0.05) is 13.0 Å². The Hall–Kier alpha value is -2.55. The molecule has 2 aliphatic rings. The number of ether oxygens (including phenoxy) is 1. The predicted octanol–water partition coefficient (Wildman–Crippen LogP) is 4.28. The molecule has 2 heterocycles. The van der Waals surface area contributed by atoms with E-state index in [-0.39, 0.29) is 5.75 Å². The molecule has 0 radical (unpaired) electrons. The maximum atomic E-state index is 12.7. The van der Waals surface area contributed by atoms with Crippen LogP contribution in [-0.2, 0) is 0 Å². The number of aliphatic imine (C=N–C) groups is 1. The van der Waals surface area contributed by atoms with E-state index in [2.05, 4.69) is 26.7 Å². The third-order valence-electron chi connectivity index (χ3n) is 4.60. The van der Waals surface area contributed by atoms with Gasteiger partial charge in [-0.15, -0.1) is 13.2 Å². The van der Waals surface area contributed by atoms with Crippen molar-refractivity contribution in [2.45, 2.75) is 33.6 Å². The standard InChI is InChI=1S/C20H26F3N5O/c1-5-6-18-16-13-15(29-20(21,22)23)7-8-17(16)24-19(28(18)25-14(2)3)27-11-9-26(4)10-12-27/h6-8,13H,5,9-12H2,1-4H3/b18-6+. The number of hydrazone groups is 1. The Balaban J connectivity index is 2.09. The van der Waals surface area contributed by atoms with Crippen molar-refractivity contribution in [2.24, 2.45) is 10.1 Å². The summed E-state index contributed by atoms with van der Waals surface area (Å²) >= 11 is 0. The molecular formula is C20H26F3N5O. The van der Waals surface area contributed by atoms with Gasteiger partial charge in [0.1, 0.15) is 5.75 Å². The van der Waals surface area contributed by atoms with Crippen LogP contribution in [0.5, 0.6) is 5.75 Å². The number of hydrogen-bond donors (Lipinski definition) is 0. The van der Waals surface area contributed by atoms with Gasteiger partial charge in [0.2, 0.25) is 5.96 Å². The molecule has 158 valence electrons. The second-order valence-electron chi connectivity index (χ2n) is 7.29. The summed E-state index contributed by atoms with van der Waals surface area (Å²) in [5, 5.41) is 6.39. The smallest absolute Gasteiger partial charge is 0.406 e. The fraction of sp³-hybridized carbons (Fsp3) is 0.500.